The van der Waals surface area contributed by atoms with E-state index in [9.17, 15) is 13.2 Å². The molecule has 0 bridgehead atoms. The van der Waals surface area contributed by atoms with Gasteiger partial charge in [-0.2, -0.15) is 13.2 Å². The van der Waals surface area contributed by atoms with Crippen LogP contribution in [-0.2, 0) is 6.18 Å². The summed E-state index contributed by atoms with van der Waals surface area (Å²) in [7, 11) is 1.75. The van der Waals surface area contributed by atoms with Gasteiger partial charge in [-0.3, -0.25) is 9.89 Å². The Morgan fingerprint density at radius 2 is 2.00 bits per heavy atom. The van der Waals surface area contributed by atoms with Crippen molar-refractivity contribution in [2.45, 2.75) is 6.18 Å². The average Bonchev–Trinajstić information content (AvgIpc) is 3.17. The van der Waals surface area contributed by atoms with Crippen LogP contribution in [0.25, 0.3) is 10.6 Å². The minimum atomic E-state index is -4.43. The molecule has 1 aliphatic heterocycles. The molecular weight excluding hydrogens is 315 g/mol. The Morgan fingerprint density at radius 3 is 2.68 bits per heavy atom. The molecule has 1 aromatic heterocycles. The number of benzene rings is 1. The maximum Gasteiger partial charge on any atom is 0.417 e. The second-order valence-electron chi connectivity index (χ2n) is 4.62. The van der Waals surface area contributed by atoms with Gasteiger partial charge < -0.3 is 5.32 Å². The van der Waals surface area contributed by atoms with Gasteiger partial charge in [-0.1, -0.05) is 29.5 Å². The van der Waals surface area contributed by atoms with Crippen LogP contribution in [0.3, 0.4) is 0 Å². The van der Waals surface area contributed by atoms with Crippen LogP contribution in [-0.4, -0.2) is 36.3 Å². The molecule has 0 fully saturated rings. The van der Waals surface area contributed by atoms with Gasteiger partial charge in [0.1, 0.15) is 5.01 Å². The van der Waals surface area contributed by atoms with E-state index in [-0.39, 0.29) is 10.6 Å². The third-order valence-corrected chi connectivity index (χ3v) is 4.17. The summed E-state index contributed by atoms with van der Waals surface area (Å²) in [6.45, 7) is 1.41. The quantitative estimate of drug-likeness (QED) is 0.921. The van der Waals surface area contributed by atoms with Crippen molar-refractivity contribution in [3.63, 3.8) is 0 Å². The fourth-order valence-corrected chi connectivity index (χ4v) is 2.92. The molecule has 1 aromatic carbocycles. The minimum absolute atomic E-state index is 0.0356. The Morgan fingerprint density at radius 1 is 1.23 bits per heavy atom. The standard InChI is InChI=1S/C13H12F3N5S/c1-21(11-17-6-7-18-11)12-20-19-10(22-12)8-4-2-3-5-9(8)13(14,15)16/h2-5H,6-7H2,1H3,(H,17,18). The van der Waals surface area contributed by atoms with E-state index in [1.807, 2.05) is 0 Å². The van der Waals surface area contributed by atoms with E-state index in [0.717, 1.165) is 23.9 Å². The fourth-order valence-electron chi connectivity index (χ4n) is 2.08. The number of anilines is 1. The van der Waals surface area contributed by atoms with Gasteiger partial charge in [-0.25, -0.2) is 0 Å². The van der Waals surface area contributed by atoms with Crippen LogP contribution in [0.5, 0.6) is 0 Å². The van der Waals surface area contributed by atoms with Crippen LogP contribution < -0.4 is 10.2 Å². The van der Waals surface area contributed by atoms with Crippen LogP contribution in [0.2, 0.25) is 0 Å². The van der Waals surface area contributed by atoms with E-state index in [1.54, 1.807) is 18.0 Å². The van der Waals surface area contributed by atoms with Gasteiger partial charge >= 0.3 is 6.18 Å². The number of halogens is 3. The third kappa shape index (κ3) is 2.76. The summed E-state index contributed by atoms with van der Waals surface area (Å²) in [4.78, 5) is 5.93. The SMILES string of the molecule is CN(C1=NCCN1)c1nnc(-c2ccccc2C(F)(F)F)s1. The Hall–Kier alpha value is -2.16. The van der Waals surface area contributed by atoms with Gasteiger partial charge in [-0.05, 0) is 6.07 Å². The van der Waals surface area contributed by atoms with Crippen molar-refractivity contribution in [3.8, 4) is 10.6 Å². The van der Waals surface area contributed by atoms with Crippen molar-refractivity contribution < 1.29 is 13.2 Å². The van der Waals surface area contributed by atoms with Crippen molar-refractivity contribution in [3.05, 3.63) is 29.8 Å². The van der Waals surface area contributed by atoms with E-state index in [0.29, 0.717) is 17.6 Å². The van der Waals surface area contributed by atoms with Gasteiger partial charge in [-0.15, -0.1) is 10.2 Å². The zero-order valence-corrected chi connectivity index (χ0v) is 12.4. The van der Waals surface area contributed by atoms with Crippen molar-refractivity contribution in [2.24, 2.45) is 4.99 Å². The van der Waals surface area contributed by atoms with Crippen LogP contribution >= 0.6 is 11.3 Å². The van der Waals surface area contributed by atoms with E-state index in [2.05, 4.69) is 20.5 Å². The molecule has 0 aliphatic carbocycles. The number of aromatic nitrogens is 2. The normalized spacial score (nSPS) is 14.6. The predicted molar refractivity (Wildman–Crippen MR) is 79.1 cm³/mol. The molecule has 3 rings (SSSR count). The zero-order valence-electron chi connectivity index (χ0n) is 11.6. The maximum absolute atomic E-state index is 13.1. The molecule has 0 radical (unpaired) electrons. The lowest BCUT2D eigenvalue weighted by Crippen LogP contribution is -2.35. The average molecular weight is 327 g/mol. The number of alkyl halides is 3. The lowest BCUT2D eigenvalue weighted by atomic mass is 10.1. The number of hydrogen-bond acceptors (Lipinski definition) is 6. The summed E-state index contributed by atoms with van der Waals surface area (Å²) in [6.07, 6.45) is -4.43. The number of hydrogen-bond donors (Lipinski definition) is 1. The zero-order chi connectivity index (χ0) is 15.7. The number of rotatable bonds is 2. The van der Waals surface area contributed by atoms with E-state index >= 15 is 0 Å². The third-order valence-electron chi connectivity index (χ3n) is 3.14. The maximum atomic E-state index is 13.1. The molecule has 2 heterocycles. The van der Waals surface area contributed by atoms with Crippen LogP contribution in [0.15, 0.2) is 29.3 Å². The molecule has 9 heteroatoms. The van der Waals surface area contributed by atoms with E-state index < -0.39 is 11.7 Å². The van der Waals surface area contributed by atoms with Crippen LogP contribution in [0.4, 0.5) is 18.3 Å². The van der Waals surface area contributed by atoms with Gasteiger partial charge in [0, 0.05) is 19.2 Å². The van der Waals surface area contributed by atoms with Crippen molar-refractivity contribution in [2.75, 3.05) is 25.0 Å². The first-order valence-electron chi connectivity index (χ1n) is 6.49. The molecule has 0 amide bonds. The Bertz CT molecular complexity index is 710. The number of nitrogens with one attached hydrogen (secondary N) is 1. The van der Waals surface area contributed by atoms with Gasteiger partial charge in [0.2, 0.25) is 5.13 Å². The lowest BCUT2D eigenvalue weighted by Gasteiger charge is -2.14. The molecule has 0 unspecified atom stereocenters. The Kier molecular flexibility index (Phi) is 3.73. The fraction of sp³-hybridized carbons (Fsp3) is 0.308. The second kappa shape index (κ2) is 5.56. The molecule has 0 spiro atoms. The smallest absolute Gasteiger partial charge is 0.354 e. The second-order valence-corrected chi connectivity index (χ2v) is 5.58. The molecule has 22 heavy (non-hydrogen) atoms. The summed E-state index contributed by atoms with van der Waals surface area (Å²) in [5.74, 6) is 0.645. The first-order chi connectivity index (χ1) is 10.5. The molecule has 0 atom stereocenters. The summed E-state index contributed by atoms with van der Waals surface area (Å²) >= 11 is 1.09. The highest BCUT2D eigenvalue weighted by Crippen LogP contribution is 2.38. The van der Waals surface area contributed by atoms with Crippen LogP contribution in [0.1, 0.15) is 5.56 Å². The number of aliphatic imine (C=N–C) groups is 1. The largest absolute Gasteiger partial charge is 0.417 e. The molecule has 5 nitrogen and oxygen atoms in total. The van der Waals surface area contributed by atoms with E-state index in [4.69, 9.17) is 0 Å². The summed E-state index contributed by atoms with van der Waals surface area (Å²) in [5, 5.41) is 11.7. The Balaban J connectivity index is 1.95. The molecular formula is C13H12F3N5S. The summed E-state index contributed by atoms with van der Waals surface area (Å²) < 4.78 is 39.2. The van der Waals surface area contributed by atoms with Crippen LogP contribution in [0, 0.1) is 0 Å². The molecule has 2 aromatic rings. The van der Waals surface area contributed by atoms with Crippen molar-refractivity contribution >= 4 is 22.4 Å². The van der Waals surface area contributed by atoms with Gasteiger partial charge in [0.05, 0.1) is 12.1 Å². The highest BCUT2D eigenvalue weighted by Gasteiger charge is 2.34. The first-order valence-corrected chi connectivity index (χ1v) is 7.30. The monoisotopic (exact) mass is 327 g/mol. The summed E-state index contributed by atoms with van der Waals surface area (Å²) in [5.41, 5.74) is -0.676. The number of nitrogens with zero attached hydrogens (tertiary/aromatic N) is 4. The topological polar surface area (TPSA) is 53.4 Å². The lowest BCUT2D eigenvalue weighted by molar-refractivity contribution is -0.137. The first kappa shape index (κ1) is 14.8. The van der Waals surface area contributed by atoms with Crippen molar-refractivity contribution in [1.29, 1.82) is 0 Å². The molecule has 1 N–H and O–H groups in total. The van der Waals surface area contributed by atoms with Crippen molar-refractivity contribution in [1.82, 2.24) is 15.5 Å². The molecule has 1 aliphatic rings. The van der Waals surface area contributed by atoms with Gasteiger partial charge in [0.15, 0.2) is 5.96 Å². The highest BCUT2D eigenvalue weighted by atomic mass is 32.1. The Labute approximate surface area is 128 Å². The molecule has 0 saturated carbocycles. The molecule has 0 saturated heterocycles. The highest BCUT2D eigenvalue weighted by molar-refractivity contribution is 7.18. The molecule has 116 valence electrons. The van der Waals surface area contributed by atoms with E-state index in [1.165, 1.54) is 12.1 Å². The van der Waals surface area contributed by atoms with Gasteiger partial charge in [0.25, 0.3) is 0 Å². The summed E-state index contributed by atoms with van der Waals surface area (Å²) in [6, 6.07) is 5.36. The number of guanidine groups is 1. The predicted octanol–water partition coefficient (Wildman–Crippen LogP) is 2.62. The minimum Gasteiger partial charge on any atom is -0.354 e.